The molecule has 1 heterocycles. The standard InChI is InChI=1S/C12H15N3O3/c16-11(15-8-1-2-8)4-6-14-10-3-5-13-7-9(10)12(17)18/h3,5,7-8H,1-2,4,6H2,(H,13,14)(H,15,16)(H,17,18). The second-order valence-corrected chi connectivity index (χ2v) is 4.24. The van der Waals surface area contributed by atoms with Gasteiger partial charge in [0.25, 0.3) is 0 Å². The lowest BCUT2D eigenvalue weighted by Gasteiger charge is -2.08. The van der Waals surface area contributed by atoms with Crippen LogP contribution in [0, 0.1) is 0 Å². The van der Waals surface area contributed by atoms with Crippen molar-refractivity contribution in [2.75, 3.05) is 11.9 Å². The van der Waals surface area contributed by atoms with Gasteiger partial charge in [0.2, 0.25) is 5.91 Å². The van der Waals surface area contributed by atoms with E-state index in [-0.39, 0.29) is 11.5 Å². The quantitative estimate of drug-likeness (QED) is 0.695. The molecule has 6 nitrogen and oxygen atoms in total. The number of nitrogens with zero attached hydrogens (tertiary/aromatic N) is 1. The Hall–Kier alpha value is -2.11. The number of aromatic nitrogens is 1. The number of anilines is 1. The molecule has 0 aliphatic heterocycles. The molecule has 0 aromatic carbocycles. The first kappa shape index (κ1) is 12.3. The summed E-state index contributed by atoms with van der Waals surface area (Å²) in [7, 11) is 0. The molecule has 1 amide bonds. The van der Waals surface area contributed by atoms with Gasteiger partial charge in [-0.25, -0.2) is 4.79 Å². The fourth-order valence-corrected chi connectivity index (χ4v) is 1.56. The summed E-state index contributed by atoms with van der Waals surface area (Å²) in [6, 6.07) is 1.94. The Kier molecular flexibility index (Phi) is 3.76. The minimum absolute atomic E-state index is 0.00377. The third kappa shape index (κ3) is 3.44. The number of amides is 1. The van der Waals surface area contributed by atoms with Crippen molar-refractivity contribution in [1.29, 1.82) is 0 Å². The minimum Gasteiger partial charge on any atom is -0.478 e. The summed E-state index contributed by atoms with van der Waals surface area (Å²) >= 11 is 0. The average molecular weight is 249 g/mol. The fraction of sp³-hybridized carbons (Fsp3) is 0.417. The Labute approximate surface area is 104 Å². The number of pyridine rings is 1. The Balaban J connectivity index is 1.82. The van der Waals surface area contributed by atoms with Crippen molar-refractivity contribution in [2.24, 2.45) is 0 Å². The predicted octanol–water partition coefficient (Wildman–Crippen LogP) is 0.860. The van der Waals surface area contributed by atoms with Gasteiger partial charge in [-0.3, -0.25) is 9.78 Å². The van der Waals surface area contributed by atoms with Crippen molar-refractivity contribution in [3.8, 4) is 0 Å². The van der Waals surface area contributed by atoms with E-state index in [4.69, 9.17) is 5.11 Å². The molecule has 2 rings (SSSR count). The zero-order valence-electron chi connectivity index (χ0n) is 9.85. The largest absolute Gasteiger partial charge is 0.478 e. The lowest BCUT2D eigenvalue weighted by molar-refractivity contribution is -0.120. The van der Waals surface area contributed by atoms with Crippen molar-refractivity contribution in [1.82, 2.24) is 10.3 Å². The summed E-state index contributed by atoms with van der Waals surface area (Å²) in [5, 5.41) is 14.7. The number of carboxylic acids is 1. The van der Waals surface area contributed by atoms with Crippen LogP contribution in [-0.4, -0.2) is 34.6 Å². The molecule has 0 bridgehead atoms. The molecule has 1 aromatic rings. The fourth-order valence-electron chi connectivity index (χ4n) is 1.56. The lowest BCUT2D eigenvalue weighted by atomic mass is 10.2. The zero-order valence-corrected chi connectivity index (χ0v) is 9.85. The molecule has 0 unspecified atom stereocenters. The molecule has 0 saturated heterocycles. The molecule has 3 N–H and O–H groups in total. The SMILES string of the molecule is O=C(CCNc1ccncc1C(=O)O)NC1CC1. The van der Waals surface area contributed by atoms with E-state index in [1.54, 1.807) is 6.07 Å². The van der Waals surface area contributed by atoms with Gasteiger partial charge in [0.1, 0.15) is 5.56 Å². The van der Waals surface area contributed by atoms with Gasteiger partial charge in [-0.05, 0) is 18.9 Å². The van der Waals surface area contributed by atoms with Gasteiger partial charge >= 0.3 is 5.97 Å². The zero-order chi connectivity index (χ0) is 13.0. The van der Waals surface area contributed by atoms with E-state index in [9.17, 15) is 9.59 Å². The van der Waals surface area contributed by atoms with E-state index < -0.39 is 5.97 Å². The van der Waals surface area contributed by atoms with E-state index in [0.717, 1.165) is 12.8 Å². The Morgan fingerprint density at radius 2 is 2.22 bits per heavy atom. The molecule has 1 saturated carbocycles. The first-order chi connectivity index (χ1) is 8.66. The third-order valence-electron chi connectivity index (χ3n) is 2.66. The van der Waals surface area contributed by atoms with Crippen LogP contribution >= 0.6 is 0 Å². The Bertz CT molecular complexity index is 458. The van der Waals surface area contributed by atoms with Gasteiger partial charge in [-0.1, -0.05) is 0 Å². The maximum Gasteiger partial charge on any atom is 0.339 e. The summed E-state index contributed by atoms with van der Waals surface area (Å²) < 4.78 is 0. The smallest absolute Gasteiger partial charge is 0.339 e. The average Bonchev–Trinajstić information content (AvgIpc) is 3.13. The molecule has 6 heteroatoms. The minimum atomic E-state index is -1.03. The molecule has 0 atom stereocenters. The van der Waals surface area contributed by atoms with E-state index in [1.807, 2.05) is 0 Å². The number of hydrogen-bond acceptors (Lipinski definition) is 4. The highest BCUT2D eigenvalue weighted by Crippen LogP contribution is 2.18. The number of carboxylic acid groups (broad SMARTS) is 1. The van der Waals surface area contributed by atoms with Crippen LogP contribution in [0.25, 0.3) is 0 Å². The maximum atomic E-state index is 11.4. The van der Waals surface area contributed by atoms with Gasteiger partial charge in [0, 0.05) is 31.4 Å². The molecule has 1 aromatic heterocycles. The summed E-state index contributed by atoms with van der Waals surface area (Å²) in [6.07, 6.45) is 5.26. The molecule has 96 valence electrons. The second-order valence-electron chi connectivity index (χ2n) is 4.24. The predicted molar refractivity (Wildman–Crippen MR) is 65.5 cm³/mol. The highest BCUT2D eigenvalue weighted by molar-refractivity contribution is 5.93. The number of nitrogens with one attached hydrogen (secondary N) is 2. The van der Waals surface area contributed by atoms with Crippen molar-refractivity contribution < 1.29 is 14.7 Å². The lowest BCUT2D eigenvalue weighted by Crippen LogP contribution is -2.27. The first-order valence-corrected chi connectivity index (χ1v) is 5.87. The topological polar surface area (TPSA) is 91.3 Å². The third-order valence-corrected chi connectivity index (χ3v) is 2.66. The molecular weight excluding hydrogens is 234 g/mol. The van der Waals surface area contributed by atoms with Gasteiger partial charge < -0.3 is 15.7 Å². The van der Waals surface area contributed by atoms with E-state index in [0.29, 0.717) is 24.7 Å². The number of rotatable bonds is 6. The van der Waals surface area contributed by atoms with Gasteiger partial charge in [-0.2, -0.15) is 0 Å². The van der Waals surface area contributed by atoms with E-state index >= 15 is 0 Å². The summed E-state index contributed by atoms with van der Waals surface area (Å²) in [5.41, 5.74) is 0.594. The number of carbonyl (C=O) groups excluding carboxylic acids is 1. The van der Waals surface area contributed by atoms with Crippen LogP contribution in [0.2, 0.25) is 0 Å². The molecule has 1 aliphatic carbocycles. The summed E-state index contributed by atoms with van der Waals surface area (Å²) in [6.45, 7) is 0.406. The first-order valence-electron chi connectivity index (χ1n) is 5.87. The van der Waals surface area contributed by atoms with Gasteiger partial charge in [0.15, 0.2) is 0 Å². The van der Waals surface area contributed by atoms with Crippen molar-refractivity contribution in [3.05, 3.63) is 24.0 Å². The number of hydrogen-bond donors (Lipinski definition) is 3. The number of aromatic carboxylic acids is 1. The second kappa shape index (κ2) is 5.48. The van der Waals surface area contributed by atoms with Crippen molar-refractivity contribution in [3.63, 3.8) is 0 Å². The highest BCUT2D eigenvalue weighted by atomic mass is 16.4. The van der Waals surface area contributed by atoms with Crippen LogP contribution in [-0.2, 0) is 4.79 Å². The molecular formula is C12H15N3O3. The molecule has 18 heavy (non-hydrogen) atoms. The van der Waals surface area contributed by atoms with Gasteiger partial charge in [-0.15, -0.1) is 0 Å². The van der Waals surface area contributed by atoms with Gasteiger partial charge in [0.05, 0.1) is 5.69 Å². The van der Waals surface area contributed by atoms with Crippen LogP contribution in [0.3, 0.4) is 0 Å². The number of carbonyl (C=O) groups is 2. The molecule has 0 spiro atoms. The molecule has 1 fully saturated rings. The molecule has 0 radical (unpaired) electrons. The van der Waals surface area contributed by atoms with Crippen molar-refractivity contribution >= 4 is 17.6 Å². The van der Waals surface area contributed by atoms with Crippen LogP contribution in [0.4, 0.5) is 5.69 Å². The van der Waals surface area contributed by atoms with E-state index in [2.05, 4.69) is 15.6 Å². The summed E-state index contributed by atoms with van der Waals surface area (Å²) in [5.74, 6) is -1.04. The monoisotopic (exact) mass is 249 g/mol. The van der Waals surface area contributed by atoms with Crippen LogP contribution in [0.15, 0.2) is 18.5 Å². The Morgan fingerprint density at radius 1 is 1.44 bits per heavy atom. The van der Waals surface area contributed by atoms with Crippen LogP contribution in [0.5, 0.6) is 0 Å². The maximum absolute atomic E-state index is 11.4. The van der Waals surface area contributed by atoms with Crippen LogP contribution < -0.4 is 10.6 Å². The summed E-state index contributed by atoms with van der Waals surface area (Å²) in [4.78, 5) is 26.1. The van der Waals surface area contributed by atoms with E-state index in [1.165, 1.54) is 12.4 Å². The highest BCUT2D eigenvalue weighted by Gasteiger charge is 2.22. The molecule has 1 aliphatic rings. The van der Waals surface area contributed by atoms with Crippen LogP contribution in [0.1, 0.15) is 29.6 Å². The normalized spacial score (nSPS) is 14.0. The Morgan fingerprint density at radius 3 is 2.89 bits per heavy atom. The van der Waals surface area contributed by atoms with Crippen molar-refractivity contribution in [2.45, 2.75) is 25.3 Å².